The third-order valence-corrected chi connectivity index (χ3v) is 5.45. The number of hydrogen-bond donors (Lipinski definition) is 2. The fourth-order valence-electron chi connectivity index (χ4n) is 3.81. The van der Waals surface area contributed by atoms with Gasteiger partial charge in [-0.3, -0.25) is 9.69 Å². The second kappa shape index (κ2) is 9.19. The number of pyridine rings is 1. The number of nitrogens with two attached hydrogens (primary N) is 1. The van der Waals surface area contributed by atoms with Crippen LogP contribution >= 0.6 is 11.6 Å². The van der Waals surface area contributed by atoms with E-state index in [1.165, 1.54) is 0 Å². The quantitative estimate of drug-likeness (QED) is 0.646. The van der Waals surface area contributed by atoms with E-state index in [4.69, 9.17) is 17.3 Å². The number of carbonyl (C=O) groups is 1. The predicted octanol–water partition coefficient (Wildman–Crippen LogP) is 3.94. The molecule has 3 aromatic rings. The second-order valence-corrected chi connectivity index (χ2v) is 7.72. The van der Waals surface area contributed by atoms with Crippen LogP contribution in [0.25, 0.3) is 11.1 Å². The minimum absolute atomic E-state index is 0.0239. The monoisotopic (exact) mass is 422 g/mol. The fourth-order valence-corrected chi connectivity index (χ4v) is 3.93. The van der Waals surface area contributed by atoms with Crippen LogP contribution in [0, 0.1) is 0 Å². The zero-order valence-electron chi connectivity index (χ0n) is 16.5. The molecule has 7 nitrogen and oxygen atoms in total. The van der Waals surface area contributed by atoms with Crippen LogP contribution in [0.4, 0.5) is 11.8 Å². The first-order chi connectivity index (χ1) is 14.6. The van der Waals surface area contributed by atoms with Crippen LogP contribution in [0.2, 0.25) is 5.02 Å². The molecular weight excluding hydrogens is 400 g/mol. The van der Waals surface area contributed by atoms with Gasteiger partial charge in [-0.2, -0.15) is 0 Å². The molecule has 1 aliphatic rings. The third-order valence-electron chi connectivity index (χ3n) is 5.20. The lowest BCUT2D eigenvalue weighted by atomic mass is 9.94. The van der Waals surface area contributed by atoms with Crippen LogP contribution in [0.3, 0.4) is 0 Å². The number of nitrogen functional groups attached to an aromatic ring is 1. The maximum absolute atomic E-state index is 12.7. The molecule has 0 bridgehead atoms. The van der Waals surface area contributed by atoms with Crippen molar-refractivity contribution in [1.82, 2.24) is 19.9 Å². The Labute approximate surface area is 180 Å². The summed E-state index contributed by atoms with van der Waals surface area (Å²) in [4.78, 5) is 27.8. The van der Waals surface area contributed by atoms with Crippen molar-refractivity contribution in [2.24, 2.45) is 0 Å². The number of aromatic nitrogens is 3. The van der Waals surface area contributed by atoms with Gasteiger partial charge in [0.25, 0.3) is 0 Å². The number of piperidine rings is 1. The molecule has 1 amide bonds. The van der Waals surface area contributed by atoms with Gasteiger partial charge < -0.3 is 11.1 Å². The molecular formula is C22H23ClN6O. The van der Waals surface area contributed by atoms with E-state index in [1.807, 2.05) is 36.4 Å². The van der Waals surface area contributed by atoms with Crippen molar-refractivity contribution in [2.45, 2.75) is 25.3 Å². The SMILES string of the molecule is Nc1ncc(-c2ccc(Cl)cc2)c([C@@H]2CCCCN2CC(=O)Nc2ccccn2)n1. The van der Waals surface area contributed by atoms with Crippen molar-refractivity contribution in [3.05, 3.63) is 65.6 Å². The number of hydrogen-bond acceptors (Lipinski definition) is 6. The first-order valence-corrected chi connectivity index (χ1v) is 10.3. The zero-order chi connectivity index (χ0) is 20.9. The smallest absolute Gasteiger partial charge is 0.239 e. The van der Waals surface area contributed by atoms with E-state index in [9.17, 15) is 4.79 Å². The Hall–Kier alpha value is -3.03. The van der Waals surface area contributed by atoms with Crippen LogP contribution < -0.4 is 11.1 Å². The number of likely N-dealkylation sites (tertiary alicyclic amines) is 1. The minimum Gasteiger partial charge on any atom is -0.368 e. The number of amides is 1. The van der Waals surface area contributed by atoms with E-state index in [2.05, 4.69) is 25.2 Å². The standard InChI is InChI=1S/C22H23ClN6O/c23-16-9-7-15(8-10-16)17-13-26-22(24)28-21(17)18-5-2-4-12-29(18)14-20(30)27-19-6-1-3-11-25-19/h1,3,6-11,13,18H,2,4-5,12,14H2,(H2,24,26,28)(H,25,27,30)/t18-/m0/s1. The van der Waals surface area contributed by atoms with Crippen molar-refractivity contribution in [3.8, 4) is 11.1 Å². The molecule has 0 aliphatic carbocycles. The Bertz CT molecular complexity index is 1010. The lowest BCUT2D eigenvalue weighted by Crippen LogP contribution is -2.40. The van der Waals surface area contributed by atoms with Gasteiger partial charge in [0, 0.05) is 23.0 Å². The molecule has 0 unspecified atom stereocenters. The average molecular weight is 423 g/mol. The highest BCUT2D eigenvalue weighted by molar-refractivity contribution is 6.30. The molecule has 1 aliphatic heterocycles. The molecule has 154 valence electrons. The average Bonchev–Trinajstić information content (AvgIpc) is 2.75. The van der Waals surface area contributed by atoms with Crippen LogP contribution in [0.15, 0.2) is 54.9 Å². The molecule has 0 radical (unpaired) electrons. The summed E-state index contributed by atoms with van der Waals surface area (Å²) in [6.07, 6.45) is 6.40. The molecule has 1 aromatic carbocycles. The highest BCUT2D eigenvalue weighted by atomic mass is 35.5. The molecule has 1 saturated heterocycles. The third kappa shape index (κ3) is 4.75. The molecule has 1 atom stereocenters. The van der Waals surface area contributed by atoms with Gasteiger partial charge in [0.2, 0.25) is 11.9 Å². The van der Waals surface area contributed by atoms with Gasteiger partial charge in [0.05, 0.1) is 18.3 Å². The summed E-state index contributed by atoms with van der Waals surface area (Å²) in [5.74, 6) is 0.672. The molecule has 1 fully saturated rings. The Morgan fingerprint density at radius 3 is 2.77 bits per heavy atom. The van der Waals surface area contributed by atoms with E-state index in [0.29, 0.717) is 10.8 Å². The van der Waals surface area contributed by atoms with Crippen molar-refractivity contribution >= 4 is 29.3 Å². The van der Waals surface area contributed by atoms with Crippen LogP contribution in [-0.4, -0.2) is 38.8 Å². The Kier molecular flexibility index (Phi) is 6.21. The number of benzene rings is 1. The first-order valence-electron chi connectivity index (χ1n) is 9.93. The number of nitrogens with zero attached hydrogens (tertiary/aromatic N) is 4. The van der Waals surface area contributed by atoms with E-state index >= 15 is 0 Å². The maximum atomic E-state index is 12.7. The summed E-state index contributed by atoms with van der Waals surface area (Å²) in [6, 6.07) is 13.0. The van der Waals surface area contributed by atoms with Gasteiger partial charge in [-0.25, -0.2) is 15.0 Å². The van der Waals surface area contributed by atoms with Crippen LogP contribution in [0.5, 0.6) is 0 Å². The van der Waals surface area contributed by atoms with Gasteiger partial charge in [0.1, 0.15) is 5.82 Å². The Morgan fingerprint density at radius 1 is 1.17 bits per heavy atom. The summed E-state index contributed by atoms with van der Waals surface area (Å²) in [5, 5.41) is 3.53. The predicted molar refractivity (Wildman–Crippen MR) is 118 cm³/mol. The molecule has 0 saturated carbocycles. The largest absolute Gasteiger partial charge is 0.368 e. The summed E-state index contributed by atoms with van der Waals surface area (Å²) >= 11 is 6.05. The molecule has 2 aromatic heterocycles. The van der Waals surface area contributed by atoms with Crippen molar-refractivity contribution in [2.75, 3.05) is 24.1 Å². The Morgan fingerprint density at radius 2 is 2.00 bits per heavy atom. The van der Waals surface area contributed by atoms with E-state index in [-0.39, 0.29) is 24.4 Å². The molecule has 8 heteroatoms. The lowest BCUT2D eigenvalue weighted by Gasteiger charge is -2.35. The summed E-state index contributed by atoms with van der Waals surface area (Å²) < 4.78 is 0. The minimum atomic E-state index is -0.101. The van der Waals surface area contributed by atoms with Gasteiger partial charge in [0.15, 0.2) is 0 Å². The van der Waals surface area contributed by atoms with E-state index < -0.39 is 0 Å². The topological polar surface area (TPSA) is 97.0 Å². The highest BCUT2D eigenvalue weighted by Crippen LogP contribution is 2.36. The number of halogens is 1. The molecule has 4 rings (SSSR count). The zero-order valence-corrected chi connectivity index (χ0v) is 17.2. The van der Waals surface area contributed by atoms with Crippen LogP contribution in [-0.2, 0) is 4.79 Å². The normalized spacial score (nSPS) is 16.9. The molecule has 30 heavy (non-hydrogen) atoms. The molecule has 3 heterocycles. The van der Waals surface area contributed by atoms with Crippen molar-refractivity contribution in [1.29, 1.82) is 0 Å². The van der Waals surface area contributed by atoms with E-state index in [0.717, 1.165) is 42.6 Å². The number of nitrogens with one attached hydrogen (secondary N) is 1. The number of anilines is 2. The van der Waals surface area contributed by atoms with Crippen molar-refractivity contribution in [3.63, 3.8) is 0 Å². The Balaban J connectivity index is 1.60. The van der Waals surface area contributed by atoms with E-state index in [1.54, 1.807) is 18.5 Å². The lowest BCUT2D eigenvalue weighted by molar-refractivity contribution is -0.118. The summed E-state index contributed by atoms with van der Waals surface area (Å²) in [6.45, 7) is 1.06. The summed E-state index contributed by atoms with van der Waals surface area (Å²) in [7, 11) is 0. The van der Waals surface area contributed by atoms with Crippen LogP contribution in [0.1, 0.15) is 31.0 Å². The van der Waals surface area contributed by atoms with Crippen molar-refractivity contribution < 1.29 is 4.79 Å². The summed E-state index contributed by atoms with van der Waals surface area (Å²) in [5.41, 5.74) is 8.65. The first kappa shape index (κ1) is 20.3. The fraction of sp³-hybridized carbons (Fsp3) is 0.273. The molecule has 3 N–H and O–H groups in total. The number of carbonyl (C=O) groups excluding carboxylic acids is 1. The van der Waals surface area contributed by atoms with Gasteiger partial charge >= 0.3 is 0 Å². The van der Waals surface area contributed by atoms with Gasteiger partial charge in [-0.1, -0.05) is 36.2 Å². The number of rotatable bonds is 5. The van der Waals surface area contributed by atoms with Gasteiger partial charge in [-0.15, -0.1) is 0 Å². The second-order valence-electron chi connectivity index (χ2n) is 7.28. The molecule has 0 spiro atoms. The maximum Gasteiger partial charge on any atom is 0.239 e. The van der Waals surface area contributed by atoms with Gasteiger partial charge in [-0.05, 0) is 49.2 Å². The highest BCUT2D eigenvalue weighted by Gasteiger charge is 2.29.